The molecule has 1 amide bonds. The molecule has 4 heteroatoms. The van der Waals surface area contributed by atoms with Gasteiger partial charge >= 0.3 is 0 Å². The number of carbonyl (C=O) groups excluding carboxylic acids is 1. The molecule has 0 aromatic heterocycles. The molecule has 0 aromatic rings. The first kappa shape index (κ1) is 13.5. The summed E-state index contributed by atoms with van der Waals surface area (Å²) in [6.07, 6.45) is 3.70. The van der Waals surface area contributed by atoms with Crippen molar-refractivity contribution in [3.63, 3.8) is 0 Å². The van der Waals surface area contributed by atoms with E-state index in [1.165, 1.54) is 6.42 Å². The van der Waals surface area contributed by atoms with Crippen molar-refractivity contribution in [3.8, 4) is 0 Å². The van der Waals surface area contributed by atoms with E-state index in [9.17, 15) is 4.79 Å². The van der Waals surface area contributed by atoms with Crippen LogP contribution in [0, 0.1) is 5.92 Å². The van der Waals surface area contributed by atoms with Crippen molar-refractivity contribution in [2.45, 2.75) is 32.3 Å². The fourth-order valence-electron chi connectivity index (χ4n) is 2.12. The van der Waals surface area contributed by atoms with Crippen LogP contribution in [0.4, 0.5) is 0 Å². The lowest BCUT2D eigenvalue weighted by Gasteiger charge is -2.28. The Morgan fingerprint density at radius 1 is 1.56 bits per heavy atom. The second kappa shape index (κ2) is 6.86. The van der Waals surface area contributed by atoms with Crippen LogP contribution < -0.4 is 5.32 Å². The van der Waals surface area contributed by atoms with Crippen LogP contribution in [0.5, 0.6) is 0 Å². The van der Waals surface area contributed by atoms with Crippen LogP contribution in [0.2, 0.25) is 0 Å². The van der Waals surface area contributed by atoms with Gasteiger partial charge in [-0.3, -0.25) is 4.79 Å². The summed E-state index contributed by atoms with van der Waals surface area (Å²) in [5, 5.41) is 3.03. The van der Waals surface area contributed by atoms with Gasteiger partial charge in [-0.1, -0.05) is 6.92 Å². The van der Waals surface area contributed by atoms with E-state index in [0.717, 1.165) is 32.5 Å². The zero-order chi connectivity index (χ0) is 12.0. The lowest BCUT2D eigenvalue weighted by Crippen LogP contribution is -2.41. The predicted molar refractivity (Wildman–Crippen MR) is 64.3 cm³/mol. The lowest BCUT2D eigenvalue weighted by atomic mass is 10.1. The maximum atomic E-state index is 11.9. The van der Waals surface area contributed by atoms with E-state index in [1.807, 2.05) is 21.0 Å². The van der Waals surface area contributed by atoms with Crippen molar-refractivity contribution in [2.75, 3.05) is 33.8 Å². The van der Waals surface area contributed by atoms with Crippen molar-refractivity contribution >= 4 is 5.91 Å². The Kier molecular flexibility index (Phi) is 5.77. The lowest BCUT2D eigenvalue weighted by molar-refractivity contribution is -0.135. The van der Waals surface area contributed by atoms with Gasteiger partial charge in [-0.25, -0.2) is 0 Å². The molecule has 1 N–H and O–H groups in total. The Bertz CT molecular complexity index is 215. The van der Waals surface area contributed by atoms with Gasteiger partial charge in [0.1, 0.15) is 0 Å². The van der Waals surface area contributed by atoms with Crippen LogP contribution in [0.25, 0.3) is 0 Å². The molecule has 4 nitrogen and oxygen atoms in total. The van der Waals surface area contributed by atoms with Gasteiger partial charge in [-0.05, 0) is 26.3 Å². The number of likely N-dealkylation sites (N-methyl/N-ethyl adjacent to an activating group) is 1. The number of carbonyl (C=O) groups is 1. The van der Waals surface area contributed by atoms with Crippen LogP contribution in [0.15, 0.2) is 0 Å². The van der Waals surface area contributed by atoms with Gasteiger partial charge in [0.15, 0.2) is 0 Å². The summed E-state index contributed by atoms with van der Waals surface area (Å²) >= 11 is 0. The smallest absolute Gasteiger partial charge is 0.226 e. The molecular weight excluding hydrogens is 204 g/mol. The Labute approximate surface area is 98.3 Å². The third-order valence-corrected chi connectivity index (χ3v) is 3.06. The zero-order valence-electron chi connectivity index (χ0n) is 10.7. The fourth-order valence-corrected chi connectivity index (χ4v) is 2.12. The van der Waals surface area contributed by atoms with E-state index in [2.05, 4.69) is 5.32 Å². The zero-order valence-corrected chi connectivity index (χ0v) is 10.7. The van der Waals surface area contributed by atoms with Crippen LogP contribution in [-0.4, -0.2) is 50.7 Å². The normalized spacial score (nSPS) is 22.8. The minimum Gasteiger partial charge on any atom is -0.376 e. The number of hydrogen-bond donors (Lipinski definition) is 1. The quantitative estimate of drug-likeness (QED) is 0.759. The number of nitrogens with one attached hydrogen (secondary N) is 1. The summed E-state index contributed by atoms with van der Waals surface area (Å²) < 4.78 is 5.63. The van der Waals surface area contributed by atoms with Crippen molar-refractivity contribution in [1.82, 2.24) is 10.2 Å². The minimum absolute atomic E-state index is 0.0404. The first-order valence-electron chi connectivity index (χ1n) is 6.16. The summed E-state index contributed by atoms with van der Waals surface area (Å²) in [6, 6.07) is 0. The number of hydrogen-bond acceptors (Lipinski definition) is 3. The first-order chi connectivity index (χ1) is 7.65. The Balaban J connectivity index is 2.32. The molecule has 0 radical (unpaired) electrons. The Morgan fingerprint density at radius 2 is 2.31 bits per heavy atom. The number of nitrogens with zero attached hydrogens (tertiary/aromatic N) is 1. The number of ether oxygens (including phenoxy) is 1. The summed E-state index contributed by atoms with van der Waals surface area (Å²) in [7, 11) is 3.74. The summed E-state index contributed by atoms with van der Waals surface area (Å²) in [6.45, 7) is 4.26. The van der Waals surface area contributed by atoms with Gasteiger partial charge in [0, 0.05) is 32.7 Å². The highest BCUT2D eigenvalue weighted by Crippen LogP contribution is 2.14. The highest BCUT2D eigenvalue weighted by Gasteiger charge is 2.21. The molecule has 2 atom stereocenters. The maximum absolute atomic E-state index is 11.9. The molecule has 94 valence electrons. The summed E-state index contributed by atoms with van der Waals surface area (Å²) in [5.74, 6) is 0.238. The Hall–Kier alpha value is -0.610. The van der Waals surface area contributed by atoms with Crippen molar-refractivity contribution in [2.24, 2.45) is 5.92 Å². The van der Waals surface area contributed by atoms with Gasteiger partial charge in [-0.15, -0.1) is 0 Å². The van der Waals surface area contributed by atoms with Gasteiger partial charge in [0.25, 0.3) is 0 Å². The molecular formula is C12H24N2O2. The van der Waals surface area contributed by atoms with E-state index in [4.69, 9.17) is 4.74 Å². The van der Waals surface area contributed by atoms with Gasteiger partial charge < -0.3 is 15.0 Å². The predicted octanol–water partition coefficient (Wildman–Crippen LogP) is 0.869. The first-order valence-corrected chi connectivity index (χ1v) is 6.16. The molecule has 1 aliphatic heterocycles. The van der Waals surface area contributed by atoms with Crippen LogP contribution in [0.1, 0.15) is 26.2 Å². The molecule has 2 unspecified atom stereocenters. The van der Waals surface area contributed by atoms with Gasteiger partial charge in [-0.2, -0.15) is 0 Å². The molecule has 0 spiro atoms. The second-order valence-corrected chi connectivity index (χ2v) is 4.67. The Morgan fingerprint density at radius 3 is 2.88 bits per heavy atom. The topological polar surface area (TPSA) is 41.6 Å². The third kappa shape index (κ3) is 4.10. The molecule has 0 saturated carbocycles. The van der Waals surface area contributed by atoms with E-state index >= 15 is 0 Å². The third-order valence-electron chi connectivity index (χ3n) is 3.06. The molecule has 1 aliphatic rings. The molecule has 0 aliphatic carbocycles. The van der Waals surface area contributed by atoms with Crippen molar-refractivity contribution in [1.29, 1.82) is 0 Å². The van der Waals surface area contributed by atoms with E-state index < -0.39 is 0 Å². The average molecular weight is 228 g/mol. The van der Waals surface area contributed by atoms with Crippen LogP contribution >= 0.6 is 0 Å². The molecule has 0 bridgehead atoms. The van der Waals surface area contributed by atoms with E-state index in [1.54, 1.807) is 4.90 Å². The minimum atomic E-state index is 0.0404. The number of rotatable bonds is 5. The highest BCUT2D eigenvalue weighted by molar-refractivity contribution is 5.78. The molecule has 1 rings (SSSR count). The van der Waals surface area contributed by atoms with Crippen molar-refractivity contribution in [3.05, 3.63) is 0 Å². The SMILES string of the molecule is CNCC(C)C(=O)N(C)CC1CCCCO1. The fraction of sp³-hybridized carbons (Fsp3) is 0.917. The number of amides is 1. The monoisotopic (exact) mass is 228 g/mol. The van der Waals surface area contributed by atoms with Crippen LogP contribution in [-0.2, 0) is 9.53 Å². The van der Waals surface area contributed by atoms with E-state index in [-0.39, 0.29) is 17.9 Å². The van der Waals surface area contributed by atoms with Crippen LogP contribution in [0.3, 0.4) is 0 Å². The summed E-state index contributed by atoms with van der Waals surface area (Å²) in [4.78, 5) is 13.7. The second-order valence-electron chi connectivity index (χ2n) is 4.67. The largest absolute Gasteiger partial charge is 0.376 e. The molecule has 0 aromatic carbocycles. The standard InChI is InChI=1S/C12H24N2O2/c1-10(8-13-2)12(15)14(3)9-11-6-4-5-7-16-11/h10-11,13H,4-9H2,1-3H3. The molecule has 1 saturated heterocycles. The summed E-state index contributed by atoms with van der Waals surface area (Å²) in [5.41, 5.74) is 0. The maximum Gasteiger partial charge on any atom is 0.226 e. The molecule has 1 fully saturated rings. The highest BCUT2D eigenvalue weighted by atomic mass is 16.5. The van der Waals surface area contributed by atoms with E-state index in [0.29, 0.717) is 0 Å². The van der Waals surface area contributed by atoms with Gasteiger partial charge in [0.2, 0.25) is 5.91 Å². The van der Waals surface area contributed by atoms with Gasteiger partial charge in [0.05, 0.1) is 6.10 Å². The average Bonchev–Trinajstić information content (AvgIpc) is 2.29. The van der Waals surface area contributed by atoms with Crippen molar-refractivity contribution < 1.29 is 9.53 Å². The molecule has 16 heavy (non-hydrogen) atoms. The molecule has 1 heterocycles.